The molecule has 4 aromatic rings. The van der Waals surface area contributed by atoms with Gasteiger partial charge in [0.05, 0.1) is 9.79 Å². The number of nitrogens with one attached hydrogen (secondary N) is 2. The van der Waals surface area contributed by atoms with Crippen LogP contribution >= 0.6 is 0 Å². The molecule has 0 fully saturated rings. The molecule has 0 atom stereocenters. The van der Waals surface area contributed by atoms with Crippen molar-refractivity contribution < 1.29 is 21.9 Å². The second kappa shape index (κ2) is 9.32. The topological polar surface area (TPSA) is 113 Å². The van der Waals surface area contributed by atoms with Gasteiger partial charge in [0.1, 0.15) is 5.75 Å². The van der Waals surface area contributed by atoms with Crippen molar-refractivity contribution in [2.45, 2.75) is 22.9 Å². The van der Waals surface area contributed by atoms with E-state index in [4.69, 9.17) is 0 Å². The van der Waals surface area contributed by atoms with Gasteiger partial charge in [0.2, 0.25) is 20.0 Å². The predicted molar refractivity (Wildman–Crippen MR) is 127 cm³/mol. The molecule has 0 aliphatic rings. The van der Waals surface area contributed by atoms with Gasteiger partial charge >= 0.3 is 0 Å². The zero-order chi connectivity index (χ0) is 23.5. The average Bonchev–Trinajstić information content (AvgIpc) is 2.82. The summed E-state index contributed by atoms with van der Waals surface area (Å²) in [6, 6.07) is 24.6. The highest BCUT2D eigenvalue weighted by Crippen LogP contribution is 2.30. The van der Waals surface area contributed by atoms with E-state index in [0.717, 1.165) is 17.2 Å². The minimum atomic E-state index is -4.11. The summed E-state index contributed by atoms with van der Waals surface area (Å²) in [4.78, 5) is -0.413. The fourth-order valence-corrected chi connectivity index (χ4v) is 5.79. The largest absolute Gasteiger partial charge is 0.508 e. The molecule has 4 aromatic carbocycles. The summed E-state index contributed by atoms with van der Waals surface area (Å²) in [5, 5.41) is 10.5. The maximum Gasteiger partial charge on any atom is 0.241 e. The lowest BCUT2D eigenvalue weighted by atomic mass is 10.1. The second-order valence-electron chi connectivity index (χ2n) is 7.45. The first-order valence-corrected chi connectivity index (χ1v) is 13.1. The van der Waals surface area contributed by atoms with Crippen molar-refractivity contribution in [3.05, 3.63) is 102 Å². The van der Waals surface area contributed by atoms with Gasteiger partial charge in [-0.2, -0.15) is 0 Å². The zero-order valence-corrected chi connectivity index (χ0v) is 19.1. The minimum absolute atomic E-state index is 0.0344. The van der Waals surface area contributed by atoms with Crippen molar-refractivity contribution in [2.75, 3.05) is 0 Å². The van der Waals surface area contributed by atoms with Crippen molar-refractivity contribution in [3.63, 3.8) is 0 Å². The summed E-state index contributed by atoms with van der Waals surface area (Å²) in [5.41, 5.74) is 1.52. The van der Waals surface area contributed by atoms with E-state index >= 15 is 0 Å². The molecule has 0 saturated heterocycles. The Bertz CT molecular complexity index is 1490. The molecule has 7 nitrogen and oxygen atoms in total. The Balaban J connectivity index is 1.72. The average molecular weight is 483 g/mol. The molecule has 0 radical (unpaired) electrons. The second-order valence-corrected chi connectivity index (χ2v) is 10.9. The number of hydrogen-bond donors (Lipinski definition) is 3. The number of sulfonamides is 2. The summed E-state index contributed by atoms with van der Waals surface area (Å²) >= 11 is 0. The maximum atomic E-state index is 13.2. The predicted octanol–water partition coefficient (Wildman–Crippen LogP) is 3.50. The number of aromatic hydroxyl groups is 1. The van der Waals surface area contributed by atoms with Crippen LogP contribution in [0.15, 0.2) is 101 Å². The Morgan fingerprint density at radius 3 is 1.76 bits per heavy atom. The third-order valence-corrected chi connectivity index (χ3v) is 7.91. The molecule has 0 unspecified atom stereocenters. The molecule has 0 bridgehead atoms. The zero-order valence-electron chi connectivity index (χ0n) is 17.5. The summed E-state index contributed by atoms with van der Waals surface area (Å²) < 4.78 is 57.4. The van der Waals surface area contributed by atoms with E-state index in [1.165, 1.54) is 24.3 Å². The number of rotatable bonds is 8. The SMILES string of the molecule is O=S(=O)(NCc1ccccc1)c1cc(S(=O)(=O)NCc2ccccc2)c2cc(O)ccc2c1. The Morgan fingerprint density at radius 1 is 0.636 bits per heavy atom. The van der Waals surface area contributed by atoms with E-state index in [-0.39, 0.29) is 34.0 Å². The molecule has 33 heavy (non-hydrogen) atoms. The molecule has 9 heteroatoms. The van der Waals surface area contributed by atoms with Crippen molar-refractivity contribution in [2.24, 2.45) is 0 Å². The van der Waals surface area contributed by atoms with Gasteiger partial charge in [-0.3, -0.25) is 0 Å². The smallest absolute Gasteiger partial charge is 0.241 e. The fourth-order valence-electron chi connectivity index (χ4n) is 3.37. The highest BCUT2D eigenvalue weighted by Gasteiger charge is 2.23. The first-order valence-electron chi connectivity index (χ1n) is 10.1. The van der Waals surface area contributed by atoms with Crippen LogP contribution in [0.2, 0.25) is 0 Å². The molecular formula is C24H22N2O5S2. The van der Waals surface area contributed by atoms with Crippen LogP contribution in [0.5, 0.6) is 5.75 Å². The lowest BCUT2D eigenvalue weighted by Crippen LogP contribution is -2.26. The summed E-state index contributed by atoms with van der Waals surface area (Å²) in [6.07, 6.45) is 0. The Hall–Kier alpha value is -3.24. The third-order valence-electron chi connectivity index (χ3n) is 5.09. The first-order chi connectivity index (χ1) is 15.7. The van der Waals surface area contributed by atoms with Gasteiger partial charge in [0.25, 0.3) is 0 Å². The molecule has 0 aliphatic heterocycles. The highest BCUT2D eigenvalue weighted by molar-refractivity contribution is 7.90. The van der Waals surface area contributed by atoms with Gasteiger partial charge < -0.3 is 5.11 Å². The molecule has 170 valence electrons. The molecule has 0 aliphatic carbocycles. The first kappa shape index (κ1) is 22.9. The van der Waals surface area contributed by atoms with Crippen LogP contribution in [0.3, 0.4) is 0 Å². The molecule has 3 N–H and O–H groups in total. The summed E-state index contributed by atoms with van der Waals surface area (Å²) in [5.74, 6) is -0.125. The van der Waals surface area contributed by atoms with Crippen LogP contribution in [0.25, 0.3) is 10.8 Å². The van der Waals surface area contributed by atoms with Crippen molar-refractivity contribution >= 4 is 30.8 Å². The number of hydrogen-bond acceptors (Lipinski definition) is 5. The van der Waals surface area contributed by atoms with Gasteiger partial charge in [-0.1, -0.05) is 66.7 Å². The van der Waals surface area contributed by atoms with E-state index in [1.54, 1.807) is 48.5 Å². The fraction of sp³-hybridized carbons (Fsp3) is 0.0833. The summed E-state index contributed by atoms with van der Waals surface area (Å²) in [6.45, 7) is 0.0951. The molecule has 0 heterocycles. The van der Waals surface area contributed by atoms with Crippen molar-refractivity contribution in [3.8, 4) is 5.75 Å². The van der Waals surface area contributed by atoms with E-state index in [0.29, 0.717) is 5.39 Å². The lowest BCUT2D eigenvalue weighted by Gasteiger charge is -2.14. The number of phenols is 1. The normalized spacial score (nSPS) is 12.1. The van der Waals surface area contributed by atoms with Crippen LogP contribution in [0.4, 0.5) is 0 Å². The minimum Gasteiger partial charge on any atom is -0.508 e. The molecule has 0 amide bonds. The van der Waals surface area contributed by atoms with Crippen molar-refractivity contribution in [1.29, 1.82) is 0 Å². The van der Waals surface area contributed by atoms with Gasteiger partial charge in [-0.25, -0.2) is 26.3 Å². The van der Waals surface area contributed by atoms with E-state index in [2.05, 4.69) is 9.44 Å². The molecule has 0 saturated carbocycles. The van der Waals surface area contributed by atoms with Gasteiger partial charge in [0.15, 0.2) is 0 Å². The monoisotopic (exact) mass is 482 g/mol. The van der Waals surface area contributed by atoms with Crippen LogP contribution in [-0.4, -0.2) is 21.9 Å². The van der Waals surface area contributed by atoms with Crippen LogP contribution in [0.1, 0.15) is 11.1 Å². The Morgan fingerprint density at radius 2 is 1.18 bits per heavy atom. The molecule has 0 aromatic heterocycles. The Kier molecular flexibility index (Phi) is 6.48. The quantitative estimate of drug-likeness (QED) is 0.356. The molecular weight excluding hydrogens is 460 g/mol. The van der Waals surface area contributed by atoms with Crippen LogP contribution in [-0.2, 0) is 33.1 Å². The van der Waals surface area contributed by atoms with Gasteiger partial charge in [0, 0.05) is 18.5 Å². The highest BCUT2D eigenvalue weighted by atomic mass is 32.2. The van der Waals surface area contributed by atoms with Crippen LogP contribution in [0, 0.1) is 0 Å². The number of benzene rings is 4. The number of phenolic OH excluding ortho intramolecular Hbond substituents is 1. The van der Waals surface area contributed by atoms with E-state index in [1.807, 2.05) is 12.1 Å². The van der Waals surface area contributed by atoms with Crippen LogP contribution < -0.4 is 9.44 Å². The third kappa shape index (κ3) is 5.40. The maximum absolute atomic E-state index is 13.2. The Labute approximate surface area is 192 Å². The summed E-state index contributed by atoms with van der Waals surface area (Å²) in [7, 11) is -8.12. The van der Waals surface area contributed by atoms with Crippen molar-refractivity contribution in [1.82, 2.24) is 9.44 Å². The van der Waals surface area contributed by atoms with Gasteiger partial charge in [-0.05, 0) is 40.8 Å². The van der Waals surface area contributed by atoms with Gasteiger partial charge in [-0.15, -0.1) is 0 Å². The molecule has 4 rings (SSSR count). The standard InChI is InChI=1S/C24H22N2O5S2/c27-21-12-11-20-13-22(32(28,29)25-16-18-7-3-1-4-8-18)15-24(23(20)14-21)33(30,31)26-17-19-9-5-2-6-10-19/h1-15,25-27H,16-17H2. The number of fused-ring (bicyclic) bond motifs is 1. The lowest BCUT2D eigenvalue weighted by molar-refractivity contribution is 0.476. The van der Waals surface area contributed by atoms with E-state index < -0.39 is 20.0 Å². The molecule has 0 spiro atoms. The van der Waals surface area contributed by atoms with E-state index in [9.17, 15) is 21.9 Å².